The van der Waals surface area contributed by atoms with Crippen molar-refractivity contribution >= 4 is 72.0 Å². The number of benzene rings is 2. The summed E-state index contributed by atoms with van der Waals surface area (Å²) < 4.78 is 10.2. The minimum atomic E-state index is -2.07. The highest BCUT2D eigenvalue weighted by Crippen LogP contribution is 2.37. The van der Waals surface area contributed by atoms with Crippen LogP contribution in [0.15, 0.2) is 83.8 Å². The SMILES string of the molecule is C[Si]1(C)Cc2ccc(cc2)-n2c3ncc(cc3c3cnoc32)[Si](C)(C)[Si](C)(C)c2cnc3c(c2)c2c(n3-c3ccc1cc3)ONC2. The number of rotatable bonds is 0. The van der Waals surface area contributed by atoms with E-state index in [9.17, 15) is 0 Å². The van der Waals surface area contributed by atoms with Gasteiger partial charge in [0.15, 0.2) is 0 Å². The zero-order chi connectivity index (χ0) is 31.6. The molecule has 0 radical (unpaired) electrons. The van der Waals surface area contributed by atoms with Gasteiger partial charge in [-0.3, -0.25) is 9.13 Å². The maximum absolute atomic E-state index is 6.05. The van der Waals surface area contributed by atoms with Crippen molar-refractivity contribution in [2.75, 3.05) is 0 Å². The smallest absolute Gasteiger partial charge is 0.245 e. The van der Waals surface area contributed by atoms with Crippen LogP contribution in [0.25, 0.3) is 44.5 Å². The van der Waals surface area contributed by atoms with Crippen LogP contribution in [-0.4, -0.2) is 47.5 Å². The molecule has 0 amide bonds. The molecule has 8 aliphatic heterocycles. The fourth-order valence-electron chi connectivity index (χ4n) is 7.49. The van der Waals surface area contributed by atoms with Gasteiger partial charge in [-0.15, -0.1) is 0 Å². The Morgan fingerprint density at radius 3 is 1.98 bits per heavy atom. The normalized spacial score (nSPS) is 17.8. The molecule has 0 unspecified atom stereocenters. The van der Waals surface area contributed by atoms with Crippen LogP contribution < -0.4 is 25.9 Å². The summed E-state index contributed by atoms with van der Waals surface area (Å²) in [5.41, 5.74) is 10.3. The Bertz CT molecular complexity index is 2350. The van der Waals surface area contributed by atoms with Gasteiger partial charge in [-0.05, 0) is 46.7 Å². The molecule has 0 spiro atoms. The maximum atomic E-state index is 6.05. The van der Waals surface area contributed by atoms with Crippen molar-refractivity contribution in [2.45, 2.75) is 51.9 Å². The summed E-state index contributed by atoms with van der Waals surface area (Å²) in [5.74, 6) is 0.843. The summed E-state index contributed by atoms with van der Waals surface area (Å²) in [7, 11) is -5.93. The molecule has 46 heavy (non-hydrogen) atoms. The minimum absolute atomic E-state index is 0.662. The summed E-state index contributed by atoms with van der Waals surface area (Å²) in [6.45, 7) is 15.6. The van der Waals surface area contributed by atoms with Gasteiger partial charge in [0.05, 0.1) is 52.8 Å². The fourth-order valence-corrected chi connectivity index (χ4v) is 18.4. The Hall–Kier alpha value is -4.30. The first-order valence-corrected chi connectivity index (χ1v) is 26.1. The maximum Gasteiger partial charge on any atom is 0.245 e. The van der Waals surface area contributed by atoms with Gasteiger partial charge in [-0.1, -0.05) is 85.5 Å². The van der Waals surface area contributed by atoms with Gasteiger partial charge >= 0.3 is 0 Å². The lowest BCUT2D eigenvalue weighted by Crippen LogP contribution is -2.69. The number of nitrogens with zero attached hydrogens (tertiary/aromatic N) is 5. The second-order valence-electron chi connectivity index (χ2n) is 14.6. The quantitative estimate of drug-likeness (QED) is 0.217. The van der Waals surface area contributed by atoms with Gasteiger partial charge in [0, 0.05) is 28.7 Å². The van der Waals surface area contributed by atoms with E-state index in [1.165, 1.54) is 32.1 Å². The molecule has 0 atom stereocenters. The van der Waals surface area contributed by atoms with Gasteiger partial charge < -0.3 is 9.36 Å². The van der Waals surface area contributed by atoms with Crippen molar-refractivity contribution in [3.63, 3.8) is 0 Å². The van der Waals surface area contributed by atoms with Gasteiger partial charge in [0.2, 0.25) is 11.6 Å². The first-order chi connectivity index (χ1) is 22.0. The molecule has 12 bridgehead atoms. The molecule has 13 heterocycles. The summed E-state index contributed by atoms with van der Waals surface area (Å²) in [6, 6.07) is 23.8. The van der Waals surface area contributed by atoms with E-state index in [1.54, 1.807) is 0 Å². The molecule has 5 aromatic heterocycles. The Balaban J connectivity index is 1.31. The van der Waals surface area contributed by atoms with E-state index in [0.717, 1.165) is 51.1 Å². The molecule has 1 N–H and O–H groups in total. The highest BCUT2D eigenvalue weighted by molar-refractivity contribution is 7.50. The molecule has 0 saturated carbocycles. The highest BCUT2D eigenvalue weighted by atomic mass is 29.3. The molecule has 8 nitrogen and oxygen atoms in total. The lowest BCUT2D eigenvalue weighted by atomic mass is 10.2. The number of aromatic nitrogens is 5. The van der Waals surface area contributed by atoms with E-state index in [2.05, 4.69) is 132 Å². The Kier molecular flexibility index (Phi) is 5.70. The first kappa shape index (κ1) is 28.0. The van der Waals surface area contributed by atoms with Crippen molar-refractivity contribution in [3.05, 3.63) is 90.4 Å². The van der Waals surface area contributed by atoms with Crippen LogP contribution in [0.2, 0.25) is 39.3 Å². The Morgan fingerprint density at radius 1 is 0.674 bits per heavy atom. The van der Waals surface area contributed by atoms with Crippen molar-refractivity contribution in [2.24, 2.45) is 0 Å². The van der Waals surface area contributed by atoms with E-state index in [0.29, 0.717) is 6.54 Å². The largest absolute Gasteiger partial charge is 0.389 e. The van der Waals surface area contributed by atoms with Crippen molar-refractivity contribution in [1.29, 1.82) is 0 Å². The second kappa shape index (κ2) is 9.38. The van der Waals surface area contributed by atoms with Crippen LogP contribution in [0, 0.1) is 0 Å². The molecule has 2 aromatic carbocycles. The van der Waals surface area contributed by atoms with Crippen molar-refractivity contribution < 1.29 is 9.36 Å². The number of hydrogen-bond acceptors (Lipinski definition) is 6. The van der Waals surface area contributed by atoms with Gasteiger partial charge in [-0.25, -0.2) is 9.97 Å². The predicted octanol–water partition coefficient (Wildman–Crippen LogP) is 5.52. The standard InChI is InChI=1S/C35H36N6O2Si3/c1-44(2)21-22-7-9-23(10-8-22)40-32-28(30-19-38-42-34(30)40)15-26(17-36-32)45(3,4)46(5,6)27-16-29-31-20-39-43-35(31)41(33(29)37-18-27)24-11-13-25(44)14-12-24/h7-19,39H,20-21H2,1-6H3. The van der Waals surface area contributed by atoms with E-state index in [1.807, 2.05) is 6.20 Å². The van der Waals surface area contributed by atoms with E-state index in [4.69, 9.17) is 19.3 Å². The van der Waals surface area contributed by atoms with Gasteiger partial charge in [-0.2, -0.15) is 5.48 Å². The van der Waals surface area contributed by atoms with E-state index < -0.39 is 23.3 Å². The van der Waals surface area contributed by atoms with Crippen LogP contribution in [0.5, 0.6) is 5.88 Å². The van der Waals surface area contributed by atoms with Crippen LogP contribution >= 0.6 is 0 Å². The zero-order valence-corrected chi connectivity index (χ0v) is 30.0. The summed E-state index contributed by atoms with van der Waals surface area (Å²) in [6.07, 6.45) is 6.11. The minimum Gasteiger partial charge on any atom is -0.389 e. The number of fused-ring (bicyclic) bond motifs is 2. The molecular formula is C35H36N6O2Si3. The molecule has 11 heteroatoms. The van der Waals surface area contributed by atoms with E-state index in [-0.39, 0.29) is 0 Å². The fraction of sp³-hybridized carbons (Fsp3) is 0.229. The average Bonchev–Trinajstić information content (AvgIpc) is 3.82. The number of hydroxylamine groups is 1. The molecule has 230 valence electrons. The van der Waals surface area contributed by atoms with Crippen LogP contribution in [0.4, 0.5) is 0 Å². The van der Waals surface area contributed by atoms with Crippen molar-refractivity contribution in [1.82, 2.24) is 29.7 Å². The van der Waals surface area contributed by atoms with Crippen LogP contribution in [0.3, 0.4) is 0 Å². The van der Waals surface area contributed by atoms with Crippen LogP contribution in [0.1, 0.15) is 11.1 Å². The molecular weight excluding hydrogens is 621 g/mol. The van der Waals surface area contributed by atoms with Gasteiger partial charge in [0.1, 0.15) is 11.3 Å². The third-order valence-electron chi connectivity index (χ3n) is 11.2. The summed E-state index contributed by atoms with van der Waals surface area (Å²) in [5, 5.41) is 11.6. The molecule has 0 fully saturated rings. The predicted molar refractivity (Wildman–Crippen MR) is 192 cm³/mol. The zero-order valence-electron chi connectivity index (χ0n) is 27.0. The van der Waals surface area contributed by atoms with Gasteiger partial charge in [0.25, 0.3) is 0 Å². The highest BCUT2D eigenvalue weighted by Gasteiger charge is 2.45. The van der Waals surface area contributed by atoms with E-state index >= 15 is 0 Å². The molecule has 7 aromatic rings. The lowest BCUT2D eigenvalue weighted by molar-refractivity contribution is 0.212. The molecule has 0 aliphatic carbocycles. The topological polar surface area (TPSA) is 82.9 Å². The molecule has 0 saturated heterocycles. The summed E-state index contributed by atoms with van der Waals surface area (Å²) >= 11 is 0. The Labute approximate surface area is 269 Å². The second-order valence-corrected chi connectivity index (χ2v) is 34.5. The Morgan fingerprint density at radius 2 is 1.28 bits per heavy atom. The molecule has 8 aliphatic rings. The van der Waals surface area contributed by atoms with Crippen molar-refractivity contribution in [3.8, 4) is 17.3 Å². The molecule has 15 rings (SSSR count). The lowest BCUT2D eigenvalue weighted by Gasteiger charge is -2.39. The number of nitrogens with one attached hydrogen (secondary N) is 1. The monoisotopic (exact) mass is 656 g/mol. The average molecular weight is 657 g/mol. The summed E-state index contributed by atoms with van der Waals surface area (Å²) in [4.78, 5) is 16.4. The third-order valence-corrected chi connectivity index (χ3v) is 32.0. The number of pyridine rings is 2. The third kappa shape index (κ3) is 3.76. The first-order valence-electron chi connectivity index (χ1n) is 15.9. The van der Waals surface area contributed by atoms with Crippen LogP contribution in [-0.2, 0) is 12.6 Å². The number of hydrogen-bond donors (Lipinski definition) is 1.